The van der Waals surface area contributed by atoms with Crippen molar-refractivity contribution in [3.05, 3.63) is 35.5 Å². The van der Waals surface area contributed by atoms with Crippen LogP contribution in [0, 0.1) is 11.8 Å². The molecule has 0 bridgehead atoms. The standard InChI is InChI=1S/C31H51N5/c1-25(2)23-36(24-26(3)4)18-10-17-35-21-19-34(20-22-35)16-9-15-32-31-27-11-5-7-13-29(27)33-30-14-8-6-12-28(30)31/h5,7,11,13,25-26H,6,8-10,12,14-24H2,1-4H3,(H,32,33). The van der Waals surface area contributed by atoms with E-state index < -0.39 is 0 Å². The minimum absolute atomic E-state index is 0.754. The molecule has 2 heterocycles. The summed E-state index contributed by atoms with van der Waals surface area (Å²) in [6.45, 7) is 21.5. The van der Waals surface area contributed by atoms with Crippen LogP contribution in [0.5, 0.6) is 0 Å². The van der Waals surface area contributed by atoms with Crippen LogP contribution in [0.4, 0.5) is 5.69 Å². The molecule has 1 aliphatic heterocycles. The minimum Gasteiger partial charge on any atom is -0.384 e. The number of hydrogen-bond donors (Lipinski definition) is 1. The second-order valence-corrected chi connectivity index (χ2v) is 12.0. The monoisotopic (exact) mass is 493 g/mol. The molecular weight excluding hydrogens is 442 g/mol. The number of benzene rings is 1. The molecule has 1 aromatic heterocycles. The van der Waals surface area contributed by atoms with Crippen molar-refractivity contribution in [2.45, 2.75) is 66.2 Å². The molecule has 36 heavy (non-hydrogen) atoms. The molecule has 0 spiro atoms. The van der Waals surface area contributed by atoms with Gasteiger partial charge >= 0.3 is 0 Å². The zero-order valence-corrected chi connectivity index (χ0v) is 23.6. The van der Waals surface area contributed by atoms with E-state index in [-0.39, 0.29) is 0 Å². The summed E-state index contributed by atoms with van der Waals surface area (Å²) in [6.07, 6.45) is 7.37. The van der Waals surface area contributed by atoms with E-state index in [1.54, 1.807) is 0 Å². The van der Waals surface area contributed by atoms with Gasteiger partial charge in [-0.2, -0.15) is 0 Å². The molecule has 2 aliphatic rings. The summed E-state index contributed by atoms with van der Waals surface area (Å²) in [5.41, 5.74) is 5.32. The van der Waals surface area contributed by atoms with Crippen LogP contribution in [-0.4, -0.2) is 85.1 Å². The van der Waals surface area contributed by atoms with Gasteiger partial charge in [0, 0.05) is 62.6 Å². The van der Waals surface area contributed by atoms with Crippen LogP contribution in [0.3, 0.4) is 0 Å². The van der Waals surface area contributed by atoms with Crippen molar-refractivity contribution in [1.82, 2.24) is 19.7 Å². The first kappa shape index (κ1) is 27.3. The van der Waals surface area contributed by atoms with Gasteiger partial charge in [-0.3, -0.25) is 4.98 Å². The van der Waals surface area contributed by atoms with E-state index >= 15 is 0 Å². The maximum atomic E-state index is 4.99. The number of fused-ring (bicyclic) bond motifs is 2. The quantitative estimate of drug-likeness (QED) is 0.371. The van der Waals surface area contributed by atoms with Gasteiger partial charge in [0.25, 0.3) is 0 Å². The van der Waals surface area contributed by atoms with E-state index in [1.165, 1.54) is 113 Å². The van der Waals surface area contributed by atoms with Crippen molar-refractivity contribution >= 4 is 16.6 Å². The molecular formula is C31H51N5. The summed E-state index contributed by atoms with van der Waals surface area (Å²) >= 11 is 0. The lowest BCUT2D eigenvalue weighted by molar-refractivity contribution is 0.124. The molecule has 0 saturated carbocycles. The van der Waals surface area contributed by atoms with Crippen LogP contribution >= 0.6 is 0 Å². The van der Waals surface area contributed by atoms with E-state index in [0.717, 1.165) is 30.3 Å². The van der Waals surface area contributed by atoms with Gasteiger partial charge in [-0.05, 0) is 81.6 Å². The zero-order valence-electron chi connectivity index (χ0n) is 23.6. The predicted octanol–water partition coefficient (Wildman–Crippen LogP) is 5.54. The van der Waals surface area contributed by atoms with Crippen molar-refractivity contribution in [3.8, 4) is 0 Å². The number of hydrogen-bond acceptors (Lipinski definition) is 5. The largest absolute Gasteiger partial charge is 0.384 e. The molecule has 4 rings (SSSR count). The lowest BCUT2D eigenvalue weighted by Crippen LogP contribution is -2.47. The van der Waals surface area contributed by atoms with Gasteiger partial charge in [0.2, 0.25) is 0 Å². The van der Waals surface area contributed by atoms with Gasteiger partial charge in [-0.25, -0.2) is 0 Å². The van der Waals surface area contributed by atoms with Gasteiger partial charge in [0.1, 0.15) is 0 Å². The van der Waals surface area contributed by atoms with Gasteiger partial charge in [0.05, 0.1) is 5.52 Å². The van der Waals surface area contributed by atoms with Crippen LogP contribution in [0.15, 0.2) is 24.3 Å². The number of aromatic nitrogens is 1. The smallest absolute Gasteiger partial charge is 0.0726 e. The molecule has 1 saturated heterocycles. The van der Waals surface area contributed by atoms with E-state index in [0.29, 0.717) is 0 Å². The third-order valence-corrected chi connectivity index (χ3v) is 7.78. The number of rotatable bonds is 13. The first-order valence-electron chi connectivity index (χ1n) is 14.8. The highest BCUT2D eigenvalue weighted by molar-refractivity contribution is 5.93. The van der Waals surface area contributed by atoms with Gasteiger partial charge in [-0.15, -0.1) is 0 Å². The summed E-state index contributed by atoms with van der Waals surface area (Å²) in [6, 6.07) is 8.67. The van der Waals surface area contributed by atoms with Gasteiger partial charge < -0.3 is 20.0 Å². The Morgan fingerprint density at radius 1 is 0.861 bits per heavy atom. The maximum Gasteiger partial charge on any atom is 0.0726 e. The lowest BCUT2D eigenvalue weighted by atomic mass is 9.92. The van der Waals surface area contributed by atoms with E-state index in [1.807, 2.05) is 0 Å². The summed E-state index contributed by atoms with van der Waals surface area (Å²) in [7, 11) is 0. The van der Waals surface area contributed by atoms with E-state index in [9.17, 15) is 0 Å². The third-order valence-electron chi connectivity index (χ3n) is 7.78. The highest BCUT2D eigenvalue weighted by Gasteiger charge is 2.19. The Hall–Kier alpha value is -1.69. The first-order valence-corrected chi connectivity index (χ1v) is 14.8. The van der Waals surface area contributed by atoms with Crippen LogP contribution < -0.4 is 5.32 Å². The molecule has 1 aliphatic carbocycles. The van der Waals surface area contributed by atoms with Crippen molar-refractivity contribution in [1.29, 1.82) is 0 Å². The number of piperazine rings is 1. The number of anilines is 1. The summed E-state index contributed by atoms with van der Waals surface area (Å²) in [5.74, 6) is 1.51. The molecule has 1 aromatic carbocycles. The van der Waals surface area contributed by atoms with Crippen molar-refractivity contribution in [2.24, 2.45) is 11.8 Å². The summed E-state index contributed by atoms with van der Waals surface area (Å²) in [4.78, 5) is 13.0. The predicted molar refractivity (Wildman–Crippen MR) is 155 cm³/mol. The molecule has 5 nitrogen and oxygen atoms in total. The molecule has 5 heteroatoms. The number of pyridine rings is 1. The van der Waals surface area contributed by atoms with E-state index in [2.05, 4.69) is 72.0 Å². The highest BCUT2D eigenvalue weighted by atomic mass is 15.3. The Balaban J connectivity index is 1.17. The normalized spacial score (nSPS) is 17.4. The van der Waals surface area contributed by atoms with Gasteiger partial charge in [-0.1, -0.05) is 45.9 Å². The Labute approximate surface area is 220 Å². The molecule has 0 atom stereocenters. The average molecular weight is 494 g/mol. The van der Waals surface area contributed by atoms with Crippen molar-refractivity contribution < 1.29 is 0 Å². The number of nitrogens with zero attached hydrogens (tertiary/aromatic N) is 4. The maximum absolute atomic E-state index is 4.99. The molecule has 2 aromatic rings. The summed E-state index contributed by atoms with van der Waals surface area (Å²) < 4.78 is 0. The molecule has 0 radical (unpaired) electrons. The molecule has 200 valence electrons. The van der Waals surface area contributed by atoms with Crippen molar-refractivity contribution in [3.63, 3.8) is 0 Å². The molecule has 0 unspecified atom stereocenters. The summed E-state index contributed by atoms with van der Waals surface area (Å²) in [5, 5.41) is 5.15. The van der Waals surface area contributed by atoms with Crippen LogP contribution in [-0.2, 0) is 12.8 Å². The highest BCUT2D eigenvalue weighted by Crippen LogP contribution is 2.33. The molecule has 0 amide bonds. The second kappa shape index (κ2) is 13.7. The average Bonchev–Trinajstić information content (AvgIpc) is 2.86. The lowest BCUT2D eigenvalue weighted by Gasteiger charge is -2.35. The van der Waals surface area contributed by atoms with Crippen LogP contribution in [0.2, 0.25) is 0 Å². The first-order chi connectivity index (χ1) is 17.5. The Morgan fingerprint density at radius 3 is 2.19 bits per heavy atom. The minimum atomic E-state index is 0.754. The van der Waals surface area contributed by atoms with Crippen molar-refractivity contribution in [2.75, 3.05) is 70.8 Å². The Kier molecular flexibility index (Phi) is 10.4. The fraction of sp³-hybridized carbons (Fsp3) is 0.710. The molecule has 1 N–H and O–H groups in total. The van der Waals surface area contributed by atoms with Gasteiger partial charge in [0.15, 0.2) is 0 Å². The second-order valence-electron chi connectivity index (χ2n) is 12.0. The zero-order chi connectivity index (χ0) is 25.3. The fourth-order valence-corrected chi connectivity index (χ4v) is 6.13. The molecule has 1 fully saturated rings. The number of aryl methyl sites for hydroxylation is 1. The third kappa shape index (κ3) is 7.90. The van der Waals surface area contributed by atoms with E-state index in [4.69, 9.17) is 4.98 Å². The number of nitrogens with one attached hydrogen (secondary N) is 1. The topological polar surface area (TPSA) is 34.6 Å². The SMILES string of the molecule is CC(C)CN(CCCN1CCN(CCCNc2c3c(nc4ccccc24)CCCC3)CC1)CC(C)C. The number of para-hydroxylation sites is 1. The fourth-order valence-electron chi connectivity index (χ4n) is 6.13. The Morgan fingerprint density at radius 2 is 1.50 bits per heavy atom. The van der Waals surface area contributed by atoms with Crippen LogP contribution in [0.25, 0.3) is 10.9 Å². The van der Waals surface area contributed by atoms with Crippen LogP contribution in [0.1, 0.15) is 64.6 Å². The Bertz CT molecular complexity index is 922.